The lowest BCUT2D eigenvalue weighted by Gasteiger charge is -2.41. The van der Waals surface area contributed by atoms with Crippen molar-refractivity contribution in [1.29, 1.82) is 0 Å². The highest BCUT2D eigenvalue weighted by Crippen LogP contribution is 2.39. The Kier molecular flexibility index (Phi) is 4.70. The van der Waals surface area contributed by atoms with Crippen LogP contribution in [0, 0.1) is 5.92 Å². The lowest BCUT2D eigenvalue weighted by atomic mass is 9.76. The molecule has 1 saturated carbocycles. The monoisotopic (exact) mass is 286 g/mol. The molecule has 1 unspecified atom stereocenters. The largest absolute Gasteiger partial charge is 0.353 e. The van der Waals surface area contributed by atoms with Crippen molar-refractivity contribution >= 4 is 17.4 Å². The van der Waals surface area contributed by atoms with Gasteiger partial charge in [-0.3, -0.25) is 4.79 Å². The fraction of sp³-hybridized carbons (Fsp3) is 0.800. The van der Waals surface area contributed by atoms with Gasteiger partial charge in [-0.2, -0.15) is 0 Å². The van der Waals surface area contributed by atoms with Crippen molar-refractivity contribution in [2.24, 2.45) is 5.92 Å². The predicted molar refractivity (Wildman–Crippen MR) is 75.3 cm³/mol. The van der Waals surface area contributed by atoms with Crippen LogP contribution >= 0.6 is 11.6 Å². The van der Waals surface area contributed by atoms with E-state index in [2.05, 4.69) is 6.58 Å². The first-order valence-corrected chi connectivity index (χ1v) is 7.43. The molecule has 3 nitrogen and oxygen atoms in total. The summed E-state index contributed by atoms with van der Waals surface area (Å²) in [5, 5.41) is 0. The second-order valence-electron chi connectivity index (χ2n) is 5.90. The van der Waals surface area contributed by atoms with Gasteiger partial charge in [0, 0.05) is 13.0 Å². The Bertz CT molecular complexity index is 358. The molecule has 0 aromatic rings. The van der Waals surface area contributed by atoms with Crippen molar-refractivity contribution in [3.63, 3.8) is 0 Å². The van der Waals surface area contributed by atoms with Gasteiger partial charge in [0.15, 0.2) is 12.1 Å². The third-order valence-corrected chi connectivity index (χ3v) is 4.69. The maximum Gasteiger partial charge on any atom is 0.158 e. The summed E-state index contributed by atoms with van der Waals surface area (Å²) < 4.78 is 11.6. The number of hydrogen-bond acceptors (Lipinski definition) is 3. The topological polar surface area (TPSA) is 35.5 Å². The Morgan fingerprint density at radius 3 is 2.84 bits per heavy atom. The lowest BCUT2D eigenvalue weighted by molar-refractivity contribution is -0.200. The molecule has 0 amide bonds. The zero-order chi connectivity index (χ0) is 14.0. The molecule has 0 bridgehead atoms. The smallest absolute Gasteiger partial charge is 0.158 e. The van der Waals surface area contributed by atoms with E-state index >= 15 is 0 Å². The fourth-order valence-corrected chi connectivity index (χ4v) is 2.94. The maximum atomic E-state index is 12.2. The van der Waals surface area contributed by atoms with Crippen molar-refractivity contribution in [3.8, 4) is 0 Å². The van der Waals surface area contributed by atoms with Crippen molar-refractivity contribution < 1.29 is 14.3 Å². The molecule has 19 heavy (non-hydrogen) atoms. The number of carbonyl (C=O) groups excluding carboxylic acids is 1. The summed E-state index contributed by atoms with van der Waals surface area (Å²) in [5.41, 5.74) is 1.03. The Hall–Kier alpha value is -0.380. The van der Waals surface area contributed by atoms with E-state index in [9.17, 15) is 4.79 Å². The van der Waals surface area contributed by atoms with E-state index in [1.165, 1.54) is 0 Å². The molecule has 1 saturated heterocycles. The standard InChI is InChI=1S/C15H23ClO3/c1-10(2)11-8-12(17)15(3,16)13(9-11)19-14-6-4-5-7-18-14/h11,13-14H,1,4-9H2,2-3H3/t11-,13+,14?,15+/m1/s1. The maximum absolute atomic E-state index is 12.2. The highest BCUT2D eigenvalue weighted by Gasteiger charge is 2.47. The van der Waals surface area contributed by atoms with Crippen LogP contribution in [0.4, 0.5) is 0 Å². The summed E-state index contributed by atoms with van der Waals surface area (Å²) in [7, 11) is 0. The summed E-state index contributed by atoms with van der Waals surface area (Å²) in [6, 6.07) is 0. The van der Waals surface area contributed by atoms with Crippen LogP contribution in [0.25, 0.3) is 0 Å². The van der Waals surface area contributed by atoms with Crippen LogP contribution < -0.4 is 0 Å². The Balaban J connectivity index is 2.05. The molecule has 4 atom stereocenters. The molecule has 108 valence electrons. The minimum absolute atomic E-state index is 0.0502. The molecular weight excluding hydrogens is 264 g/mol. The van der Waals surface area contributed by atoms with Gasteiger partial charge >= 0.3 is 0 Å². The number of rotatable bonds is 3. The average Bonchev–Trinajstić information content (AvgIpc) is 2.36. The van der Waals surface area contributed by atoms with E-state index < -0.39 is 4.87 Å². The van der Waals surface area contributed by atoms with Gasteiger partial charge in [-0.1, -0.05) is 12.2 Å². The molecular formula is C15H23ClO3. The molecule has 2 aliphatic rings. The highest BCUT2D eigenvalue weighted by molar-refractivity contribution is 6.35. The Morgan fingerprint density at radius 1 is 1.53 bits per heavy atom. The minimum Gasteiger partial charge on any atom is -0.353 e. The van der Waals surface area contributed by atoms with Crippen LogP contribution in [0.3, 0.4) is 0 Å². The first-order chi connectivity index (χ1) is 8.91. The number of Topliss-reactive ketones (excluding diaryl/α,β-unsaturated/α-hetero) is 1. The molecule has 1 aliphatic carbocycles. The molecule has 4 heteroatoms. The van der Waals surface area contributed by atoms with Crippen LogP contribution in [-0.2, 0) is 14.3 Å². The zero-order valence-corrected chi connectivity index (χ0v) is 12.5. The predicted octanol–water partition coefficient (Wildman–Crippen LogP) is 3.45. The quantitative estimate of drug-likeness (QED) is 0.589. The van der Waals surface area contributed by atoms with Crippen LogP contribution in [0.1, 0.15) is 46.0 Å². The Labute approximate surface area is 120 Å². The number of halogens is 1. The second kappa shape index (κ2) is 5.94. The SMILES string of the molecule is C=C(C)[C@@H]1CC(=O)[C@](C)(Cl)[C@@H](OC2CCCCO2)C1. The van der Waals surface area contributed by atoms with Crippen LogP contribution in [-0.4, -0.2) is 29.7 Å². The van der Waals surface area contributed by atoms with Gasteiger partial charge in [0.1, 0.15) is 4.87 Å². The summed E-state index contributed by atoms with van der Waals surface area (Å²) >= 11 is 6.42. The van der Waals surface area contributed by atoms with Gasteiger partial charge in [-0.15, -0.1) is 11.6 Å². The van der Waals surface area contributed by atoms with E-state index in [0.717, 1.165) is 37.9 Å². The first-order valence-electron chi connectivity index (χ1n) is 7.06. The minimum atomic E-state index is -0.938. The van der Waals surface area contributed by atoms with Gasteiger partial charge in [0.25, 0.3) is 0 Å². The number of carbonyl (C=O) groups is 1. The summed E-state index contributed by atoms with van der Waals surface area (Å²) in [4.78, 5) is 11.3. The van der Waals surface area contributed by atoms with Gasteiger partial charge in [-0.05, 0) is 45.4 Å². The van der Waals surface area contributed by atoms with Gasteiger partial charge in [0.05, 0.1) is 6.10 Å². The van der Waals surface area contributed by atoms with E-state index in [1.807, 2.05) is 6.92 Å². The van der Waals surface area contributed by atoms with Crippen LogP contribution in [0.2, 0.25) is 0 Å². The fourth-order valence-electron chi connectivity index (χ4n) is 2.73. The van der Waals surface area contributed by atoms with E-state index in [4.69, 9.17) is 21.1 Å². The van der Waals surface area contributed by atoms with Gasteiger partial charge in [-0.25, -0.2) is 0 Å². The molecule has 0 spiro atoms. The van der Waals surface area contributed by atoms with E-state index in [1.54, 1.807) is 6.92 Å². The molecule has 0 radical (unpaired) electrons. The van der Waals surface area contributed by atoms with E-state index in [0.29, 0.717) is 6.42 Å². The number of ketones is 1. The third-order valence-electron chi connectivity index (χ3n) is 4.23. The summed E-state index contributed by atoms with van der Waals surface area (Å²) in [5.74, 6) is 0.224. The Morgan fingerprint density at radius 2 is 2.26 bits per heavy atom. The zero-order valence-electron chi connectivity index (χ0n) is 11.8. The van der Waals surface area contributed by atoms with Gasteiger partial charge in [0.2, 0.25) is 0 Å². The third kappa shape index (κ3) is 3.39. The van der Waals surface area contributed by atoms with Crippen molar-refractivity contribution in [2.45, 2.75) is 63.2 Å². The second-order valence-corrected chi connectivity index (χ2v) is 6.69. The van der Waals surface area contributed by atoms with E-state index in [-0.39, 0.29) is 24.1 Å². The molecule has 1 aliphatic heterocycles. The molecule has 2 fully saturated rings. The molecule has 0 aromatic carbocycles. The van der Waals surface area contributed by atoms with Crippen molar-refractivity contribution in [1.82, 2.24) is 0 Å². The normalized spacial score (nSPS) is 40.2. The van der Waals surface area contributed by atoms with Crippen molar-refractivity contribution in [2.75, 3.05) is 6.61 Å². The first kappa shape index (κ1) is 15.0. The molecule has 0 aromatic heterocycles. The van der Waals surface area contributed by atoms with Gasteiger partial charge < -0.3 is 9.47 Å². The average molecular weight is 287 g/mol. The highest BCUT2D eigenvalue weighted by atomic mass is 35.5. The number of ether oxygens (including phenoxy) is 2. The van der Waals surface area contributed by atoms with Crippen LogP contribution in [0.5, 0.6) is 0 Å². The number of allylic oxidation sites excluding steroid dienone is 1. The molecule has 2 rings (SSSR count). The molecule has 1 heterocycles. The summed E-state index contributed by atoms with van der Waals surface area (Å²) in [6.07, 6.45) is 3.79. The van der Waals surface area contributed by atoms with Crippen molar-refractivity contribution in [3.05, 3.63) is 12.2 Å². The lowest BCUT2D eigenvalue weighted by Crippen LogP contribution is -2.51. The number of hydrogen-bond donors (Lipinski definition) is 0. The number of alkyl halides is 1. The van der Waals surface area contributed by atoms with Crippen LogP contribution in [0.15, 0.2) is 12.2 Å². The summed E-state index contributed by atoms with van der Waals surface area (Å²) in [6.45, 7) is 8.41. The molecule has 0 N–H and O–H groups in total.